The van der Waals surface area contributed by atoms with Crippen molar-refractivity contribution in [2.75, 3.05) is 39.9 Å². The Morgan fingerprint density at radius 3 is 2.23 bits per heavy atom. The molecular weight excluding hydrogens is 397 g/mol. The maximum atomic E-state index is 12.7. The number of benzene rings is 2. The topological polar surface area (TPSA) is 42.0 Å². The monoisotopic (exact) mass is 422 g/mol. The molecule has 30 heavy (non-hydrogen) atoms. The molecule has 5 nitrogen and oxygen atoms in total. The summed E-state index contributed by atoms with van der Waals surface area (Å²) in [6, 6.07) is 12.3. The minimum atomic E-state index is -4.32. The van der Waals surface area contributed by atoms with Gasteiger partial charge in [0.25, 0.3) is 5.91 Å². The van der Waals surface area contributed by atoms with E-state index in [1.165, 1.54) is 12.1 Å². The summed E-state index contributed by atoms with van der Waals surface area (Å²) in [5.74, 6) is 1.24. The molecular formula is C22H25F3N2O3. The highest BCUT2D eigenvalue weighted by Gasteiger charge is 2.30. The van der Waals surface area contributed by atoms with E-state index in [-0.39, 0.29) is 12.5 Å². The van der Waals surface area contributed by atoms with Gasteiger partial charge in [-0.3, -0.25) is 9.69 Å². The van der Waals surface area contributed by atoms with Crippen molar-refractivity contribution >= 4 is 5.91 Å². The summed E-state index contributed by atoms with van der Waals surface area (Å²) in [4.78, 5) is 16.4. The highest BCUT2D eigenvalue weighted by molar-refractivity contribution is 5.77. The molecule has 0 atom stereocenters. The van der Waals surface area contributed by atoms with Gasteiger partial charge >= 0.3 is 6.18 Å². The summed E-state index contributed by atoms with van der Waals surface area (Å²) in [5.41, 5.74) is 0.182. The van der Waals surface area contributed by atoms with Crippen LogP contribution >= 0.6 is 0 Å². The summed E-state index contributed by atoms with van der Waals surface area (Å²) in [6.45, 7) is 3.16. The molecule has 0 aromatic heterocycles. The average Bonchev–Trinajstić information content (AvgIpc) is 2.98. The number of hydrogen-bond donors (Lipinski definition) is 0. The second-order valence-electron chi connectivity index (χ2n) is 7.17. The molecule has 0 bridgehead atoms. The lowest BCUT2D eigenvalue weighted by molar-refractivity contribution is -0.137. The number of halogens is 3. The molecule has 1 amide bonds. The van der Waals surface area contributed by atoms with Crippen LogP contribution in [0.5, 0.6) is 11.5 Å². The van der Waals surface area contributed by atoms with Crippen molar-refractivity contribution in [3.8, 4) is 11.5 Å². The first-order chi connectivity index (χ1) is 14.3. The van der Waals surface area contributed by atoms with E-state index in [0.717, 1.165) is 30.7 Å². The number of carbonyl (C=O) groups is 1. The molecule has 2 aromatic carbocycles. The van der Waals surface area contributed by atoms with E-state index in [9.17, 15) is 18.0 Å². The third kappa shape index (κ3) is 6.13. The predicted molar refractivity (Wildman–Crippen MR) is 106 cm³/mol. The van der Waals surface area contributed by atoms with E-state index in [0.29, 0.717) is 37.7 Å². The Kier molecular flexibility index (Phi) is 7.20. The molecule has 3 rings (SSSR count). The molecule has 0 spiro atoms. The van der Waals surface area contributed by atoms with Gasteiger partial charge in [0.2, 0.25) is 0 Å². The molecule has 8 heteroatoms. The van der Waals surface area contributed by atoms with Gasteiger partial charge in [0.1, 0.15) is 11.5 Å². The van der Waals surface area contributed by atoms with Crippen LogP contribution < -0.4 is 9.47 Å². The summed E-state index contributed by atoms with van der Waals surface area (Å²) in [6.07, 6.45) is -3.52. The first-order valence-corrected chi connectivity index (χ1v) is 9.78. The van der Waals surface area contributed by atoms with E-state index in [1.807, 2.05) is 0 Å². The Morgan fingerprint density at radius 1 is 0.933 bits per heavy atom. The molecule has 1 aliphatic heterocycles. The van der Waals surface area contributed by atoms with Gasteiger partial charge in [0, 0.05) is 32.7 Å². The number of rotatable bonds is 6. The molecule has 1 aliphatic rings. The molecule has 162 valence electrons. The summed E-state index contributed by atoms with van der Waals surface area (Å²) in [5, 5.41) is 0. The smallest absolute Gasteiger partial charge is 0.416 e. The van der Waals surface area contributed by atoms with Crippen molar-refractivity contribution in [1.29, 1.82) is 0 Å². The van der Waals surface area contributed by atoms with Gasteiger partial charge in [-0.2, -0.15) is 13.2 Å². The van der Waals surface area contributed by atoms with Crippen LogP contribution in [-0.4, -0.2) is 55.6 Å². The average molecular weight is 422 g/mol. The van der Waals surface area contributed by atoms with Crippen molar-refractivity contribution in [3.05, 3.63) is 59.7 Å². The Hall–Kier alpha value is -2.74. The summed E-state index contributed by atoms with van der Waals surface area (Å²) < 4.78 is 48.7. The van der Waals surface area contributed by atoms with Gasteiger partial charge in [-0.25, -0.2) is 0 Å². The van der Waals surface area contributed by atoms with E-state index >= 15 is 0 Å². The lowest BCUT2D eigenvalue weighted by atomic mass is 10.1. The van der Waals surface area contributed by atoms with Crippen LogP contribution in [0.4, 0.5) is 13.2 Å². The van der Waals surface area contributed by atoms with Crippen LogP contribution in [0.25, 0.3) is 0 Å². The molecule has 0 saturated carbocycles. The number of nitrogens with zero attached hydrogens (tertiary/aromatic N) is 2. The Balaban J connectivity index is 1.47. The minimum Gasteiger partial charge on any atom is -0.497 e. The fourth-order valence-corrected chi connectivity index (χ4v) is 3.34. The standard InChI is InChI=1S/C22H25F3N2O3/c1-29-19-7-9-20(10-8-19)30-16-21(28)27-12-2-11-26(13-14-27)15-17-3-5-18(6-4-17)22(23,24)25/h3-10H,2,11-16H2,1H3. The SMILES string of the molecule is COc1ccc(OCC(=O)N2CCCN(Cc3ccc(C(F)(F)F)cc3)CC2)cc1. The van der Waals surface area contributed by atoms with Crippen LogP contribution in [-0.2, 0) is 17.5 Å². The van der Waals surface area contributed by atoms with Gasteiger partial charge in [0.05, 0.1) is 12.7 Å². The predicted octanol–water partition coefficient (Wildman–Crippen LogP) is 3.83. The van der Waals surface area contributed by atoms with Crippen LogP contribution in [0.3, 0.4) is 0 Å². The molecule has 0 aliphatic carbocycles. The number of carbonyl (C=O) groups excluding carboxylic acids is 1. The molecule has 1 heterocycles. The van der Waals surface area contributed by atoms with Crippen molar-refractivity contribution in [2.24, 2.45) is 0 Å². The maximum absolute atomic E-state index is 12.7. The van der Waals surface area contributed by atoms with E-state index < -0.39 is 11.7 Å². The zero-order valence-electron chi connectivity index (χ0n) is 16.8. The molecule has 0 radical (unpaired) electrons. The number of ether oxygens (including phenoxy) is 2. The van der Waals surface area contributed by atoms with Gasteiger partial charge in [0.15, 0.2) is 6.61 Å². The first-order valence-electron chi connectivity index (χ1n) is 9.78. The van der Waals surface area contributed by atoms with Crippen molar-refractivity contribution in [3.63, 3.8) is 0 Å². The lowest BCUT2D eigenvalue weighted by Crippen LogP contribution is -2.38. The number of hydrogen-bond acceptors (Lipinski definition) is 4. The second kappa shape index (κ2) is 9.84. The summed E-state index contributed by atoms with van der Waals surface area (Å²) in [7, 11) is 1.58. The molecule has 0 N–H and O–H groups in total. The molecule has 1 saturated heterocycles. The number of alkyl halides is 3. The van der Waals surface area contributed by atoms with Crippen LogP contribution in [0.15, 0.2) is 48.5 Å². The molecule has 1 fully saturated rings. The zero-order chi connectivity index (χ0) is 21.6. The second-order valence-corrected chi connectivity index (χ2v) is 7.17. The summed E-state index contributed by atoms with van der Waals surface area (Å²) >= 11 is 0. The first kappa shape index (κ1) is 22.0. The van der Waals surface area contributed by atoms with Crippen LogP contribution in [0.2, 0.25) is 0 Å². The lowest BCUT2D eigenvalue weighted by Gasteiger charge is -2.22. The zero-order valence-corrected chi connectivity index (χ0v) is 16.8. The number of amides is 1. The quantitative estimate of drug-likeness (QED) is 0.710. The fraction of sp³-hybridized carbons (Fsp3) is 0.409. The highest BCUT2D eigenvalue weighted by atomic mass is 19.4. The van der Waals surface area contributed by atoms with Crippen molar-refractivity contribution < 1.29 is 27.4 Å². The fourth-order valence-electron chi connectivity index (χ4n) is 3.34. The van der Waals surface area contributed by atoms with Crippen LogP contribution in [0.1, 0.15) is 17.5 Å². The van der Waals surface area contributed by atoms with Gasteiger partial charge < -0.3 is 14.4 Å². The van der Waals surface area contributed by atoms with Crippen molar-refractivity contribution in [2.45, 2.75) is 19.1 Å². The van der Waals surface area contributed by atoms with Gasteiger partial charge in [-0.05, 0) is 48.4 Å². The normalized spacial score (nSPS) is 15.5. The van der Waals surface area contributed by atoms with E-state index in [4.69, 9.17) is 9.47 Å². The Labute approximate surface area is 174 Å². The van der Waals surface area contributed by atoms with Crippen molar-refractivity contribution in [1.82, 2.24) is 9.80 Å². The minimum absolute atomic E-state index is 0.0365. The largest absolute Gasteiger partial charge is 0.497 e. The van der Waals surface area contributed by atoms with Gasteiger partial charge in [-0.1, -0.05) is 12.1 Å². The molecule has 0 unspecified atom stereocenters. The highest BCUT2D eigenvalue weighted by Crippen LogP contribution is 2.29. The van der Waals surface area contributed by atoms with Gasteiger partial charge in [-0.15, -0.1) is 0 Å². The maximum Gasteiger partial charge on any atom is 0.416 e. The van der Waals surface area contributed by atoms with E-state index in [1.54, 1.807) is 36.3 Å². The molecule has 2 aromatic rings. The third-order valence-electron chi connectivity index (χ3n) is 5.05. The van der Waals surface area contributed by atoms with Crippen LogP contribution in [0, 0.1) is 0 Å². The number of methoxy groups -OCH3 is 1. The van der Waals surface area contributed by atoms with E-state index in [2.05, 4.69) is 4.90 Å². The third-order valence-corrected chi connectivity index (χ3v) is 5.05. The Bertz CT molecular complexity index is 823. The Morgan fingerprint density at radius 2 is 1.60 bits per heavy atom.